The monoisotopic (exact) mass is 455 g/mol. The van der Waals surface area contributed by atoms with Gasteiger partial charge in [-0.25, -0.2) is 0 Å². The van der Waals surface area contributed by atoms with E-state index in [1.54, 1.807) is 11.8 Å². The molecular formula is C22H21N3O6S. The third kappa shape index (κ3) is 4.31. The van der Waals surface area contributed by atoms with Crippen molar-refractivity contribution in [2.75, 3.05) is 6.54 Å². The number of nitrogens with zero attached hydrogens (tertiary/aromatic N) is 2. The number of carbonyl (C=O) groups is 3. The minimum Gasteiger partial charge on any atom is -0.460 e. The van der Waals surface area contributed by atoms with Crippen LogP contribution >= 0.6 is 11.8 Å². The van der Waals surface area contributed by atoms with E-state index in [4.69, 9.17) is 4.74 Å². The van der Waals surface area contributed by atoms with E-state index >= 15 is 0 Å². The van der Waals surface area contributed by atoms with Gasteiger partial charge in [-0.2, -0.15) is 0 Å². The number of rotatable bonds is 7. The summed E-state index contributed by atoms with van der Waals surface area (Å²) >= 11 is 1.30. The first-order valence-corrected chi connectivity index (χ1v) is 10.9. The summed E-state index contributed by atoms with van der Waals surface area (Å²) in [5, 5.41) is 13.2. The zero-order valence-corrected chi connectivity index (χ0v) is 18.0. The quantitative estimate of drug-likeness (QED) is 0.294. The van der Waals surface area contributed by atoms with Gasteiger partial charge < -0.3 is 15.0 Å². The molecule has 2 aliphatic heterocycles. The van der Waals surface area contributed by atoms with Gasteiger partial charge in [0.15, 0.2) is 0 Å². The van der Waals surface area contributed by atoms with Gasteiger partial charge in [0.25, 0.3) is 5.69 Å². The molecule has 0 radical (unpaired) electrons. The van der Waals surface area contributed by atoms with Crippen molar-refractivity contribution in [1.29, 1.82) is 0 Å². The maximum Gasteiger partial charge on any atom is 0.324 e. The van der Waals surface area contributed by atoms with Crippen LogP contribution in [0.5, 0.6) is 0 Å². The van der Waals surface area contributed by atoms with Crippen LogP contribution in [0.3, 0.4) is 0 Å². The van der Waals surface area contributed by atoms with Crippen molar-refractivity contribution in [2.45, 2.75) is 36.1 Å². The number of hydrogen-bond donors (Lipinski definition) is 1. The Balaban J connectivity index is 1.32. The molecule has 2 amide bonds. The highest BCUT2D eigenvalue weighted by atomic mass is 32.2. The molecule has 4 rings (SSSR count). The maximum atomic E-state index is 12.7. The zero-order chi connectivity index (χ0) is 22.9. The smallest absolute Gasteiger partial charge is 0.324 e. The van der Waals surface area contributed by atoms with E-state index in [1.165, 1.54) is 36.0 Å². The van der Waals surface area contributed by atoms with E-state index in [2.05, 4.69) is 5.32 Å². The average molecular weight is 455 g/mol. The fraction of sp³-hybridized carbons (Fsp3) is 0.318. The van der Waals surface area contributed by atoms with Gasteiger partial charge in [0, 0.05) is 18.7 Å². The van der Waals surface area contributed by atoms with Crippen LogP contribution in [0.15, 0.2) is 54.6 Å². The average Bonchev–Trinajstić information content (AvgIpc) is 3.11. The number of amides is 2. The molecule has 0 saturated carbocycles. The summed E-state index contributed by atoms with van der Waals surface area (Å²) in [6.07, 6.45) is 0.177. The molecule has 166 valence electrons. The maximum absolute atomic E-state index is 12.7. The van der Waals surface area contributed by atoms with Crippen molar-refractivity contribution in [3.05, 3.63) is 75.8 Å². The highest BCUT2D eigenvalue weighted by molar-refractivity contribution is 8.02. The molecule has 10 heteroatoms. The van der Waals surface area contributed by atoms with Crippen LogP contribution in [-0.4, -0.2) is 50.3 Å². The number of nitrogens with one attached hydrogen (secondary N) is 1. The molecule has 2 fully saturated rings. The summed E-state index contributed by atoms with van der Waals surface area (Å²) in [5.74, 6) is -0.933. The number of nitro groups is 1. The van der Waals surface area contributed by atoms with Gasteiger partial charge in [-0.3, -0.25) is 24.5 Å². The molecule has 0 bridgehead atoms. The number of hydrogen-bond acceptors (Lipinski definition) is 7. The third-order valence-electron chi connectivity index (χ3n) is 5.47. The first kappa shape index (κ1) is 21.8. The Morgan fingerprint density at radius 1 is 1.19 bits per heavy atom. The second-order valence-electron chi connectivity index (χ2n) is 7.91. The van der Waals surface area contributed by atoms with Crippen molar-refractivity contribution >= 4 is 35.2 Å². The normalized spacial score (nSPS) is 23.8. The van der Waals surface area contributed by atoms with Gasteiger partial charge in [0.1, 0.15) is 22.8 Å². The van der Waals surface area contributed by atoms with Crippen molar-refractivity contribution in [3.8, 4) is 0 Å². The predicted molar refractivity (Wildman–Crippen MR) is 116 cm³/mol. The van der Waals surface area contributed by atoms with E-state index in [0.717, 1.165) is 5.56 Å². The minimum atomic E-state index is -0.958. The van der Waals surface area contributed by atoms with Gasteiger partial charge in [0.05, 0.1) is 11.3 Å². The lowest BCUT2D eigenvalue weighted by molar-refractivity contribution is -0.384. The summed E-state index contributed by atoms with van der Waals surface area (Å²) in [7, 11) is 0. The number of esters is 1. The highest BCUT2D eigenvalue weighted by Crippen LogP contribution is 2.47. The van der Waals surface area contributed by atoms with Crippen molar-refractivity contribution in [1.82, 2.24) is 10.2 Å². The first-order valence-electron chi connectivity index (χ1n) is 9.99. The molecule has 0 aliphatic carbocycles. The van der Waals surface area contributed by atoms with Crippen LogP contribution in [0, 0.1) is 10.1 Å². The SMILES string of the molecule is C[C@]1(C(=O)OCc2ccc([N+](=O)[O-])cc2)CN2C(=O)[C@@H](NC(=O)Cc3ccccc3)[C@H]2S1. The van der Waals surface area contributed by atoms with E-state index in [-0.39, 0.29) is 42.4 Å². The number of carbonyl (C=O) groups excluding carboxylic acids is 3. The standard InChI is InChI=1S/C22H21N3O6S/c1-22(21(28)31-12-15-7-9-16(10-8-15)25(29)30)13-24-19(27)18(20(24)32-22)23-17(26)11-14-5-3-2-4-6-14/h2-10,18,20H,11-13H2,1H3,(H,23,26)/t18-,20-,22-/m1/s1. The first-order chi connectivity index (χ1) is 15.3. The topological polar surface area (TPSA) is 119 Å². The van der Waals surface area contributed by atoms with Crippen LogP contribution in [0.2, 0.25) is 0 Å². The van der Waals surface area contributed by atoms with Crippen LogP contribution in [0.1, 0.15) is 18.1 Å². The van der Waals surface area contributed by atoms with Crippen LogP contribution in [-0.2, 0) is 32.1 Å². The van der Waals surface area contributed by atoms with E-state index in [9.17, 15) is 24.5 Å². The predicted octanol–water partition coefficient (Wildman–Crippen LogP) is 2.04. The molecule has 2 heterocycles. The lowest BCUT2D eigenvalue weighted by Crippen LogP contribution is -2.67. The number of β-lactam (4-membered cyclic amide) rings is 1. The zero-order valence-electron chi connectivity index (χ0n) is 17.2. The van der Waals surface area contributed by atoms with Crippen LogP contribution in [0.25, 0.3) is 0 Å². The molecule has 3 atom stereocenters. The molecule has 0 unspecified atom stereocenters. The number of benzene rings is 2. The van der Waals surface area contributed by atoms with Gasteiger partial charge >= 0.3 is 5.97 Å². The molecular weight excluding hydrogens is 434 g/mol. The Morgan fingerprint density at radius 2 is 1.88 bits per heavy atom. The Morgan fingerprint density at radius 3 is 2.53 bits per heavy atom. The molecule has 32 heavy (non-hydrogen) atoms. The summed E-state index contributed by atoms with van der Waals surface area (Å²) in [4.78, 5) is 49.4. The summed E-state index contributed by atoms with van der Waals surface area (Å²) in [6, 6.07) is 14.3. The van der Waals surface area contributed by atoms with Crippen LogP contribution in [0.4, 0.5) is 5.69 Å². The Labute approximate surface area is 188 Å². The summed E-state index contributed by atoms with van der Waals surface area (Å²) in [5.41, 5.74) is 1.44. The number of fused-ring (bicyclic) bond motifs is 1. The second kappa shape index (κ2) is 8.62. The van der Waals surface area contributed by atoms with Gasteiger partial charge in [-0.15, -0.1) is 11.8 Å². The molecule has 9 nitrogen and oxygen atoms in total. The number of ether oxygens (including phenoxy) is 1. The molecule has 1 N–H and O–H groups in total. The van der Waals surface area contributed by atoms with Crippen molar-refractivity contribution in [2.24, 2.45) is 0 Å². The Kier molecular flexibility index (Phi) is 5.88. The highest BCUT2D eigenvalue weighted by Gasteiger charge is 2.60. The molecule has 2 aromatic rings. The molecule has 0 spiro atoms. The Hall–Kier alpha value is -3.40. The fourth-order valence-corrected chi connectivity index (χ4v) is 5.25. The lowest BCUT2D eigenvalue weighted by Gasteiger charge is -2.41. The van der Waals surface area contributed by atoms with Crippen LogP contribution < -0.4 is 5.32 Å². The number of thioether (sulfide) groups is 1. The molecule has 2 saturated heterocycles. The van der Waals surface area contributed by atoms with E-state index in [1.807, 2.05) is 30.3 Å². The number of nitro benzene ring substituents is 1. The number of non-ortho nitro benzene ring substituents is 1. The van der Waals surface area contributed by atoms with Gasteiger partial charge in [-0.05, 0) is 30.2 Å². The lowest BCUT2D eigenvalue weighted by atomic mass is 10.0. The third-order valence-corrected chi connectivity index (χ3v) is 7.05. The van der Waals surface area contributed by atoms with E-state index in [0.29, 0.717) is 5.56 Å². The molecule has 2 aromatic carbocycles. The minimum absolute atomic E-state index is 0.0250. The molecule has 0 aromatic heterocycles. The van der Waals surface area contributed by atoms with E-state index < -0.39 is 21.7 Å². The summed E-state index contributed by atoms with van der Waals surface area (Å²) in [6.45, 7) is 1.89. The van der Waals surface area contributed by atoms with Gasteiger partial charge in [-0.1, -0.05) is 30.3 Å². The van der Waals surface area contributed by atoms with Crippen molar-refractivity contribution in [3.63, 3.8) is 0 Å². The van der Waals surface area contributed by atoms with Gasteiger partial charge in [0.2, 0.25) is 11.8 Å². The molecule has 2 aliphatic rings. The Bertz CT molecular complexity index is 1060. The second-order valence-corrected chi connectivity index (χ2v) is 9.53. The summed E-state index contributed by atoms with van der Waals surface area (Å²) < 4.78 is 4.46. The largest absolute Gasteiger partial charge is 0.460 e. The van der Waals surface area contributed by atoms with Crippen molar-refractivity contribution < 1.29 is 24.0 Å². The fourth-order valence-electron chi connectivity index (χ4n) is 3.72.